The minimum absolute atomic E-state index is 0.264. The van der Waals surface area contributed by atoms with E-state index in [0.29, 0.717) is 5.56 Å². The molecule has 0 bridgehead atoms. The van der Waals surface area contributed by atoms with Gasteiger partial charge in [-0.2, -0.15) is 0 Å². The number of aliphatic imine (C=N–C) groups is 1. The number of carbonyl (C=O) groups is 1. The van der Waals surface area contributed by atoms with Gasteiger partial charge in [-0.25, -0.2) is 4.79 Å². The monoisotopic (exact) mass is 441 g/mol. The zero-order valence-corrected chi connectivity index (χ0v) is 15.6. The van der Waals surface area contributed by atoms with Crippen LogP contribution in [0.15, 0.2) is 83.9 Å². The summed E-state index contributed by atoms with van der Waals surface area (Å²) in [6, 6.07) is 24.8. The summed E-state index contributed by atoms with van der Waals surface area (Å²) in [6.45, 7) is 0.264. The number of halogens is 1. The van der Waals surface area contributed by atoms with Gasteiger partial charge in [-0.15, -0.1) is 0 Å². The van der Waals surface area contributed by atoms with Crippen molar-refractivity contribution in [2.75, 3.05) is 0 Å². The van der Waals surface area contributed by atoms with Crippen molar-refractivity contribution in [3.8, 4) is 0 Å². The van der Waals surface area contributed by atoms with Gasteiger partial charge in [0, 0.05) is 9.78 Å². The molecule has 0 saturated heterocycles. The molecule has 0 saturated carbocycles. The van der Waals surface area contributed by atoms with E-state index >= 15 is 0 Å². The lowest BCUT2D eigenvalue weighted by Crippen LogP contribution is -2.05. The van der Waals surface area contributed by atoms with Crippen LogP contribution in [0.2, 0.25) is 0 Å². The van der Waals surface area contributed by atoms with Crippen LogP contribution < -0.4 is 0 Å². The maximum Gasteiger partial charge on any atom is 0.338 e. The molecule has 0 spiro atoms. The van der Waals surface area contributed by atoms with Gasteiger partial charge in [-0.05, 0) is 58.0 Å². The number of para-hydroxylation sites is 1. The molecule has 4 heteroatoms. The molecule has 3 nitrogen and oxygen atoms in total. The van der Waals surface area contributed by atoms with Crippen molar-refractivity contribution in [1.29, 1.82) is 0 Å². The first-order valence-corrected chi connectivity index (χ1v) is 8.90. The van der Waals surface area contributed by atoms with Crippen LogP contribution in [0.3, 0.4) is 0 Å². The molecule has 0 aliphatic carbocycles. The van der Waals surface area contributed by atoms with Crippen molar-refractivity contribution in [1.82, 2.24) is 0 Å². The van der Waals surface area contributed by atoms with Crippen LogP contribution in [0.5, 0.6) is 0 Å². The fraction of sp³-hybridized carbons (Fsp3) is 0.0476. The highest BCUT2D eigenvalue weighted by Gasteiger charge is 2.07. The van der Waals surface area contributed by atoms with Crippen LogP contribution in [0.1, 0.15) is 21.5 Å². The summed E-state index contributed by atoms with van der Waals surface area (Å²) in [5.74, 6) is -0.339. The zero-order valence-electron chi connectivity index (χ0n) is 13.4. The van der Waals surface area contributed by atoms with Crippen molar-refractivity contribution >= 4 is 40.5 Å². The van der Waals surface area contributed by atoms with Crippen LogP contribution in [-0.2, 0) is 11.3 Å². The van der Waals surface area contributed by atoms with Crippen LogP contribution in [0.4, 0.5) is 5.69 Å². The highest BCUT2D eigenvalue weighted by molar-refractivity contribution is 14.1. The Hall–Kier alpha value is -2.47. The van der Waals surface area contributed by atoms with Crippen LogP contribution in [-0.4, -0.2) is 12.2 Å². The Balaban J connectivity index is 1.68. The lowest BCUT2D eigenvalue weighted by Gasteiger charge is -2.05. The van der Waals surface area contributed by atoms with E-state index < -0.39 is 0 Å². The Morgan fingerprint density at radius 2 is 1.72 bits per heavy atom. The predicted octanol–water partition coefficient (Wildman–Crippen LogP) is 5.40. The maximum atomic E-state index is 12.2. The number of hydrogen-bond donors (Lipinski definition) is 0. The van der Waals surface area contributed by atoms with Crippen LogP contribution in [0, 0.1) is 3.57 Å². The molecule has 3 rings (SSSR count). The second kappa shape index (κ2) is 8.58. The average molecular weight is 441 g/mol. The van der Waals surface area contributed by atoms with Gasteiger partial charge >= 0.3 is 5.97 Å². The first-order valence-electron chi connectivity index (χ1n) is 7.82. The van der Waals surface area contributed by atoms with Gasteiger partial charge in [-0.3, -0.25) is 4.99 Å². The highest BCUT2D eigenvalue weighted by Crippen LogP contribution is 2.20. The van der Waals surface area contributed by atoms with E-state index in [1.165, 1.54) is 0 Å². The number of benzene rings is 3. The molecule has 124 valence electrons. The Labute approximate surface area is 160 Å². The molecule has 0 heterocycles. The summed E-state index contributed by atoms with van der Waals surface area (Å²) in [5.41, 5.74) is 3.24. The third kappa shape index (κ3) is 5.00. The van der Waals surface area contributed by atoms with Crippen LogP contribution in [0.25, 0.3) is 0 Å². The van der Waals surface area contributed by atoms with Gasteiger partial charge in [-0.1, -0.05) is 54.6 Å². The van der Waals surface area contributed by atoms with Crippen molar-refractivity contribution in [2.24, 2.45) is 4.99 Å². The molecule has 0 aliphatic rings. The molecule has 3 aromatic rings. The average Bonchev–Trinajstić information content (AvgIpc) is 2.66. The number of esters is 1. The van der Waals surface area contributed by atoms with E-state index in [-0.39, 0.29) is 12.6 Å². The third-order valence-electron chi connectivity index (χ3n) is 3.54. The van der Waals surface area contributed by atoms with E-state index in [2.05, 4.69) is 27.6 Å². The lowest BCUT2D eigenvalue weighted by atomic mass is 10.1. The quantitative estimate of drug-likeness (QED) is 0.302. The molecule has 0 fully saturated rings. The summed E-state index contributed by atoms with van der Waals surface area (Å²) in [6.07, 6.45) is 1.76. The van der Waals surface area contributed by atoms with Crippen molar-refractivity contribution in [3.63, 3.8) is 0 Å². The molecule has 0 atom stereocenters. The summed E-state index contributed by atoms with van der Waals surface area (Å²) >= 11 is 2.25. The van der Waals surface area contributed by atoms with Gasteiger partial charge in [0.15, 0.2) is 0 Å². The van der Waals surface area contributed by atoms with Crippen molar-refractivity contribution in [2.45, 2.75) is 6.61 Å². The fourth-order valence-corrected chi connectivity index (χ4v) is 2.78. The molecular formula is C21H16INO2. The normalized spacial score (nSPS) is 10.8. The molecule has 0 radical (unpaired) electrons. The third-order valence-corrected chi connectivity index (χ3v) is 4.45. The number of carbonyl (C=O) groups excluding carboxylic acids is 1. The van der Waals surface area contributed by atoms with Gasteiger partial charge in [0.1, 0.15) is 6.61 Å². The molecule has 0 aromatic heterocycles. The number of nitrogens with zero attached hydrogens (tertiary/aromatic N) is 1. The number of ether oxygens (including phenoxy) is 1. The Morgan fingerprint density at radius 3 is 2.52 bits per heavy atom. The molecule has 0 aliphatic heterocycles. The van der Waals surface area contributed by atoms with Gasteiger partial charge in [0.25, 0.3) is 0 Å². The van der Waals surface area contributed by atoms with Gasteiger partial charge < -0.3 is 4.74 Å². The van der Waals surface area contributed by atoms with Gasteiger partial charge in [0.05, 0.1) is 11.3 Å². The Kier molecular flexibility index (Phi) is 5.95. The summed E-state index contributed by atoms with van der Waals surface area (Å²) in [7, 11) is 0. The summed E-state index contributed by atoms with van der Waals surface area (Å²) < 4.78 is 6.44. The van der Waals surface area contributed by atoms with Gasteiger partial charge in [0.2, 0.25) is 0 Å². The van der Waals surface area contributed by atoms with E-state index in [1.807, 2.05) is 66.7 Å². The second-order valence-corrected chi connectivity index (χ2v) is 6.56. The molecule has 0 unspecified atom stereocenters. The van der Waals surface area contributed by atoms with Crippen LogP contribution >= 0.6 is 22.6 Å². The van der Waals surface area contributed by atoms with E-state index in [4.69, 9.17) is 4.74 Å². The van der Waals surface area contributed by atoms with E-state index in [9.17, 15) is 4.79 Å². The maximum absolute atomic E-state index is 12.2. The topological polar surface area (TPSA) is 38.7 Å². The highest BCUT2D eigenvalue weighted by atomic mass is 127. The second-order valence-electron chi connectivity index (χ2n) is 5.40. The summed E-state index contributed by atoms with van der Waals surface area (Å²) in [5, 5.41) is 0. The number of hydrogen-bond acceptors (Lipinski definition) is 3. The first-order chi connectivity index (χ1) is 12.2. The standard InChI is InChI=1S/C21H16INO2/c22-19-11-4-5-12-20(19)23-14-17-9-6-10-18(13-17)21(24)25-15-16-7-2-1-3-8-16/h1-14H,15H2/b23-14-. The smallest absolute Gasteiger partial charge is 0.338 e. The van der Waals surface area contributed by atoms with E-state index in [0.717, 1.165) is 20.4 Å². The zero-order chi connectivity index (χ0) is 17.5. The largest absolute Gasteiger partial charge is 0.457 e. The first kappa shape index (κ1) is 17.4. The van der Waals surface area contributed by atoms with Crippen molar-refractivity contribution in [3.05, 3.63) is 99.1 Å². The Bertz CT molecular complexity index is 891. The molecule has 0 N–H and O–H groups in total. The van der Waals surface area contributed by atoms with E-state index in [1.54, 1.807) is 18.3 Å². The molecule has 25 heavy (non-hydrogen) atoms. The SMILES string of the molecule is O=C(OCc1ccccc1)c1cccc(/C=N\c2ccccc2I)c1. The number of rotatable bonds is 5. The molecular weight excluding hydrogens is 425 g/mol. The molecule has 3 aromatic carbocycles. The Morgan fingerprint density at radius 1 is 0.960 bits per heavy atom. The predicted molar refractivity (Wildman–Crippen MR) is 108 cm³/mol. The molecule has 0 amide bonds. The lowest BCUT2D eigenvalue weighted by molar-refractivity contribution is 0.0472. The minimum atomic E-state index is -0.339. The minimum Gasteiger partial charge on any atom is -0.457 e. The van der Waals surface area contributed by atoms with Crippen molar-refractivity contribution < 1.29 is 9.53 Å². The fourth-order valence-electron chi connectivity index (χ4n) is 2.25. The summed E-state index contributed by atoms with van der Waals surface area (Å²) in [4.78, 5) is 16.7.